The first kappa shape index (κ1) is 20.6. The summed E-state index contributed by atoms with van der Waals surface area (Å²) in [6.07, 6.45) is 0.546. The number of rotatable bonds is 8. The molecular weight excluding hydrogens is 356 g/mol. The molecule has 0 aliphatic carbocycles. The fourth-order valence-corrected chi connectivity index (χ4v) is 2.35. The summed E-state index contributed by atoms with van der Waals surface area (Å²) in [6.45, 7) is 3.84. The van der Waals surface area contributed by atoms with Crippen molar-refractivity contribution in [3.05, 3.63) is 41.0 Å². The van der Waals surface area contributed by atoms with Crippen molar-refractivity contribution in [2.24, 2.45) is 4.99 Å². The standard InChI is InChI=1S/C18H25F2N5O2/c1-11(2)16-24-15(27-25-16)7-8-22-18(21-4)23-10-13-9-12(3)5-6-14(13)26-17(19)20/h5-6,9,11,17H,7-8,10H2,1-4H3,(H2,21,22,23). The largest absolute Gasteiger partial charge is 0.434 e. The number of hydrogen-bond acceptors (Lipinski definition) is 5. The van der Waals surface area contributed by atoms with E-state index in [9.17, 15) is 8.78 Å². The fraction of sp³-hybridized carbons (Fsp3) is 0.500. The van der Waals surface area contributed by atoms with Gasteiger partial charge in [-0.2, -0.15) is 13.8 Å². The number of guanidine groups is 1. The van der Waals surface area contributed by atoms with Crippen molar-refractivity contribution in [1.82, 2.24) is 20.8 Å². The summed E-state index contributed by atoms with van der Waals surface area (Å²) in [6, 6.07) is 5.06. The van der Waals surface area contributed by atoms with E-state index in [0.29, 0.717) is 42.7 Å². The van der Waals surface area contributed by atoms with Crippen molar-refractivity contribution in [3.8, 4) is 5.75 Å². The molecule has 0 fully saturated rings. The number of aryl methyl sites for hydroxylation is 1. The Kier molecular flexibility index (Phi) is 7.51. The molecule has 0 radical (unpaired) electrons. The third-order valence-electron chi connectivity index (χ3n) is 3.73. The van der Waals surface area contributed by atoms with E-state index in [4.69, 9.17) is 4.52 Å². The summed E-state index contributed by atoms with van der Waals surface area (Å²) in [4.78, 5) is 8.43. The van der Waals surface area contributed by atoms with Crippen molar-refractivity contribution in [3.63, 3.8) is 0 Å². The topological polar surface area (TPSA) is 84.6 Å². The molecule has 0 saturated carbocycles. The van der Waals surface area contributed by atoms with Crippen LogP contribution in [0.15, 0.2) is 27.7 Å². The number of nitrogens with zero attached hydrogens (tertiary/aromatic N) is 3. The average molecular weight is 381 g/mol. The van der Waals surface area contributed by atoms with E-state index < -0.39 is 6.61 Å². The highest BCUT2D eigenvalue weighted by Crippen LogP contribution is 2.21. The van der Waals surface area contributed by atoms with Crippen LogP contribution in [0.1, 0.15) is 42.6 Å². The van der Waals surface area contributed by atoms with Gasteiger partial charge >= 0.3 is 6.61 Å². The highest BCUT2D eigenvalue weighted by atomic mass is 19.3. The second kappa shape index (κ2) is 9.84. The summed E-state index contributed by atoms with van der Waals surface area (Å²) >= 11 is 0. The molecule has 0 bridgehead atoms. The van der Waals surface area contributed by atoms with E-state index in [1.165, 1.54) is 6.07 Å². The Balaban J connectivity index is 1.87. The quantitative estimate of drug-likeness (QED) is 0.540. The van der Waals surface area contributed by atoms with Crippen LogP contribution in [0.2, 0.25) is 0 Å². The van der Waals surface area contributed by atoms with E-state index in [2.05, 4.69) is 30.5 Å². The van der Waals surface area contributed by atoms with Gasteiger partial charge in [-0.15, -0.1) is 0 Å². The van der Waals surface area contributed by atoms with Gasteiger partial charge in [-0.1, -0.05) is 36.7 Å². The van der Waals surface area contributed by atoms with E-state index >= 15 is 0 Å². The maximum Gasteiger partial charge on any atom is 0.387 e. The Morgan fingerprint density at radius 1 is 1.30 bits per heavy atom. The molecule has 1 aromatic carbocycles. The Labute approximate surface area is 157 Å². The van der Waals surface area contributed by atoms with Crippen molar-refractivity contribution >= 4 is 5.96 Å². The summed E-state index contributed by atoms with van der Waals surface area (Å²) < 4.78 is 34.8. The first-order valence-corrected chi connectivity index (χ1v) is 8.70. The van der Waals surface area contributed by atoms with Crippen molar-refractivity contribution < 1.29 is 18.0 Å². The van der Waals surface area contributed by atoms with Crippen LogP contribution in [0.5, 0.6) is 5.75 Å². The maximum atomic E-state index is 12.5. The van der Waals surface area contributed by atoms with Crippen LogP contribution in [0.25, 0.3) is 0 Å². The van der Waals surface area contributed by atoms with Gasteiger partial charge in [0.25, 0.3) is 0 Å². The van der Waals surface area contributed by atoms with Gasteiger partial charge in [-0.05, 0) is 13.0 Å². The highest BCUT2D eigenvalue weighted by molar-refractivity contribution is 5.79. The van der Waals surface area contributed by atoms with Crippen molar-refractivity contribution in [2.45, 2.75) is 46.3 Å². The number of aliphatic imine (C=N–C) groups is 1. The summed E-state index contributed by atoms with van der Waals surface area (Å²) in [5, 5.41) is 10.1. The highest BCUT2D eigenvalue weighted by Gasteiger charge is 2.11. The van der Waals surface area contributed by atoms with Crippen LogP contribution in [0.4, 0.5) is 8.78 Å². The predicted octanol–water partition coefficient (Wildman–Crippen LogP) is 3.01. The smallest absolute Gasteiger partial charge is 0.387 e. The maximum absolute atomic E-state index is 12.5. The number of halogens is 2. The molecule has 0 saturated heterocycles. The first-order valence-electron chi connectivity index (χ1n) is 8.70. The molecule has 9 heteroatoms. The number of nitrogens with one attached hydrogen (secondary N) is 2. The third kappa shape index (κ3) is 6.50. The van der Waals surface area contributed by atoms with Gasteiger partial charge in [-0.3, -0.25) is 4.99 Å². The molecule has 2 N–H and O–H groups in total. The van der Waals surface area contributed by atoms with Gasteiger partial charge in [0.1, 0.15) is 5.75 Å². The predicted molar refractivity (Wildman–Crippen MR) is 98.1 cm³/mol. The SMILES string of the molecule is CN=C(NCCc1nc(C(C)C)no1)NCc1cc(C)ccc1OC(F)F. The summed E-state index contributed by atoms with van der Waals surface area (Å²) in [7, 11) is 1.63. The molecule has 0 aliphatic rings. The van der Waals surface area contributed by atoms with Crippen molar-refractivity contribution in [2.75, 3.05) is 13.6 Å². The minimum Gasteiger partial charge on any atom is -0.434 e. The normalized spacial score (nSPS) is 11.9. The molecule has 0 unspecified atom stereocenters. The minimum atomic E-state index is -2.87. The molecule has 0 aliphatic heterocycles. The zero-order valence-corrected chi connectivity index (χ0v) is 15.9. The molecule has 1 aromatic heterocycles. The Hall–Kier alpha value is -2.71. The molecule has 1 heterocycles. The summed E-state index contributed by atoms with van der Waals surface area (Å²) in [5.74, 6) is 2.11. The minimum absolute atomic E-state index is 0.144. The lowest BCUT2D eigenvalue weighted by Gasteiger charge is -2.15. The number of alkyl halides is 2. The van der Waals surface area contributed by atoms with Gasteiger partial charge in [0.2, 0.25) is 5.89 Å². The third-order valence-corrected chi connectivity index (χ3v) is 3.73. The number of aromatic nitrogens is 2. The average Bonchev–Trinajstić information content (AvgIpc) is 3.09. The van der Waals surface area contributed by atoms with Crippen LogP contribution < -0.4 is 15.4 Å². The van der Waals surface area contributed by atoms with E-state index in [0.717, 1.165) is 5.56 Å². The molecule has 0 amide bonds. The molecule has 148 valence electrons. The molecule has 27 heavy (non-hydrogen) atoms. The lowest BCUT2D eigenvalue weighted by atomic mass is 10.1. The molecule has 2 aromatic rings. The van der Waals surface area contributed by atoms with Gasteiger partial charge in [0, 0.05) is 38.0 Å². The van der Waals surface area contributed by atoms with Crippen LogP contribution >= 0.6 is 0 Å². The second-order valence-electron chi connectivity index (χ2n) is 6.29. The number of benzene rings is 1. The molecule has 0 spiro atoms. The monoisotopic (exact) mass is 381 g/mol. The molecule has 2 rings (SSSR count). The molecule has 0 atom stereocenters. The molecular formula is C18H25F2N5O2. The van der Waals surface area contributed by atoms with Crippen LogP contribution in [-0.4, -0.2) is 36.3 Å². The van der Waals surface area contributed by atoms with Crippen LogP contribution in [0.3, 0.4) is 0 Å². The fourth-order valence-electron chi connectivity index (χ4n) is 2.35. The molecule has 7 nitrogen and oxygen atoms in total. The van der Waals surface area contributed by atoms with E-state index in [-0.39, 0.29) is 11.7 Å². The Bertz CT molecular complexity index is 762. The van der Waals surface area contributed by atoms with Gasteiger partial charge < -0.3 is 19.9 Å². The van der Waals surface area contributed by atoms with Crippen molar-refractivity contribution in [1.29, 1.82) is 0 Å². The summed E-state index contributed by atoms with van der Waals surface area (Å²) in [5.41, 5.74) is 1.57. The van der Waals surface area contributed by atoms with Gasteiger partial charge in [0.15, 0.2) is 11.8 Å². The Morgan fingerprint density at radius 2 is 2.07 bits per heavy atom. The van der Waals surface area contributed by atoms with Gasteiger partial charge in [0.05, 0.1) is 0 Å². The number of ether oxygens (including phenoxy) is 1. The van der Waals surface area contributed by atoms with Crippen LogP contribution in [-0.2, 0) is 13.0 Å². The number of hydrogen-bond donors (Lipinski definition) is 2. The zero-order valence-electron chi connectivity index (χ0n) is 15.9. The first-order chi connectivity index (χ1) is 12.9. The van der Waals surface area contributed by atoms with E-state index in [1.807, 2.05) is 20.8 Å². The Morgan fingerprint density at radius 3 is 2.70 bits per heavy atom. The second-order valence-corrected chi connectivity index (χ2v) is 6.29. The van der Waals surface area contributed by atoms with Crippen LogP contribution in [0, 0.1) is 6.92 Å². The zero-order chi connectivity index (χ0) is 19.8. The lowest BCUT2D eigenvalue weighted by molar-refractivity contribution is -0.0504. The van der Waals surface area contributed by atoms with Gasteiger partial charge in [-0.25, -0.2) is 0 Å². The lowest BCUT2D eigenvalue weighted by Crippen LogP contribution is -2.38. The van der Waals surface area contributed by atoms with E-state index in [1.54, 1.807) is 19.2 Å².